The van der Waals surface area contributed by atoms with Crippen molar-refractivity contribution in [2.24, 2.45) is 11.7 Å². The number of rotatable bonds is 9. The molecule has 0 aliphatic heterocycles. The normalized spacial score (nSPS) is 13.5. The monoisotopic (exact) mass is 446 g/mol. The highest BCUT2D eigenvalue weighted by atomic mass is 32.2. The summed E-state index contributed by atoms with van der Waals surface area (Å²) in [6.07, 6.45) is 0.801. The number of aliphatic hydroxyl groups is 1. The lowest BCUT2D eigenvalue weighted by Gasteiger charge is -2.19. The number of carbonyl (C=O) groups excluding carboxylic acids is 1. The average Bonchev–Trinajstić information content (AvgIpc) is 3.07. The number of nitrogens with two attached hydrogens (primary N) is 2. The number of benzene rings is 1. The molecule has 0 aliphatic rings. The average molecular weight is 447 g/mol. The SMILES string of the molecule is CC(C)C[C@H](CO)Nc1nc(SC(C)c2cccc(C(N)=O)c2)nc2nc(N)sc12. The first-order valence-electron chi connectivity index (χ1n) is 9.64. The van der Waals surface area contributed by atoms with Crippen LogP contribution in [0.3, 0.4) is 0 Å². The molecule has 0 spiro atoms. The third-order valence-corrected chi connectivity index (χ3v) is 6.39. The molecule has 0 aliphatic carbocycles. The molecule has 2 aromatic heterocycles. The first-order chi connectivity index (χ1) is 14.3. The molecule has 3 rings (SSSR count). The molecule has 1 aromatic carbocycles. The van der Waals surface area contributed by atoms with Crippen molar-refractivity contribution in [1.29, 1.82) is 0 Å². The van der Waals surface area contributed by atoms with Crippen molar-refractivity contribution in [1.82, 2.24) is 15.0 Å². The Morgan fingerprint density at radius 2 is 2.03 bits per heavy atom. The Kier molecular flexibility index (Phi) is 7.11. The lowest BCUT2D eigenvalue weighted by Crippen LogP contribution is -2.26. The molecule has 2 heterocycles. The fourth-order valence-electron chi connectivity index (χ4n) is 3.08. The van der Waals surface area contributed by atoms with Crippen LogP contribution < -0.4 is 16.8 Å². The van der Waals surface area contributed by atoms with Crippen LogP contribution in [0.5, 0.6) is 0 Å². The van der Waals surface area contributed by atoms with Gasteiger partial charge in [0.15, 0.2) is 21.8 Å². The smallest absolute Gasteiger partial charge is 0.248 e. The zero-order valence-corrected chi connectivity index (χ0v) is 18.8. The van der Waals surface area contributed by atoms with Gasteiger partial charge in [0, 0.05) is 10.8 Å². The van der Waals surface area contributed by atoms with E-state index in [4.69, 9.17) is 11.5 Å². The Labute approximate surface area is 183 Å². The number of aromatic nitrogens is 3. The molecule has 160 valence electrons. The van der Waals surface area contributed by atoms with E-state index in [9.17, 15) is 9.90 Å². The van der Waals surface area contributed by atoms with Gasteiger partial charge in [0.05, 0.1) is 12.6 Å². The number of hydrogen-bond acceptors (Lipinski definition) is 9. The van der Waals surface area contributed by atoms with Gasteiger partial charge in [-0.2, -0.15) is 0 Å². The molecule has 8 nitrogen and oxygen atoms in total. The number of nitrogens with one attached hydrogen (secondary N) is 1. The molecule has 0 radical (unpaired) electrons. The van der Waals surface area contributed by atoms with E-state index in [0.29, 0.717) is 33.2 Å². The minimum absolute atomic E-state index is 0.00322. The van der Waals surface area contributed by atoms with Gasteiger partial charge in [-0.25, -0.2) is 15.0 Å². The molecule has 0 bridgehead atoms. The van der Waals surface area contributed by atoms with Gasteiger partial charge in [-0.3, -0.25) is 4.79 Å². The Balaban J connectivity index is 1.90. The van der Waals surface area contributed by atoms with Gasteiger partial charge >= 0.3 is 0 Å². The third-order valence-electron chi connectivity index (χ3n) is 4.49. The second-order valence-corrected chi connectivity index (χ2v) is 9.80. The quantitative estimate of drug-likeness (QED) is 0.289. The number of nitrogen functional groups attached to an aromatic ring is 1. The van der Waals surface area contributed by atoms with Crippen LogP contribution in [-0.2, 0) is 0 Å². The maximum atomic E-state index is 11.5. The summed E-state index contributed by atoms with van der Waals surface area (Å²) in [5.74, 6) is 0.579. The van der Waals surface area contributed by atoms with Crippen LogP contribution in [0.2, 0.25) is 0 Å². The van der Waals surface area contributed by atoms with Crippen LogP contribution in [0, 0.1) is 5.92 Å². The number of thiazole rings is 1. The molecule has 0 saturated heterocycles. The van der Waals surface area contributed by atoms with Gasteiger partial charge in [0.2, 0.25) is 5.91 Å². The van der Waals surface area contributed by atoms with E-state index >= 15 is 0 Å². The first kappa shape index (κ1) is 22.3. The van der Waals surface area contributed by atoms with E-state index < -0.39 is 5.91 Å². The number of hydrogen-bond donors (Lipinski definition) is 4. The fraction of sp³-hybridized carbons (Fsp3) is 0.400. The molecule has 1 unspecified atom stereocenters. The lowest BCUT2D eigenvalue weighted by molar-refractivity contribution is 0.1000. The van der Waals surface area contributed by atoms with Crippen molar-refractivity contribution in [2.75, 3.05) is 17.7 Å². The van der Waals surface area contributed by atoms with Crippen LogP contribution in [0.4, 0.5) is 10.9 Å². The first-order valence-corrected chi connectivity index (χ1v) is 11.3. The van der Waals surface area contributed by atoms with Gasteiger partial charge in [-0.1, -0.05) is 49.1 Å². The molecular weight excluding hydrogens is 420 g/mol. The molecule has 0 fully saturated rings. The van der Waals surface area contributed by atoms with Crippen LogP contribution in [0.25, 0.3) is 10.3 Å². The minimum Gasteiger partial charge on any atom is -0.394 e. The number of fused-ring (bicyclic) bond motifs is 1. The third kappa shape index (κ3) is 5.38. The topological polar surface area (TPSA) is 140 Å². The van der Waals surface area contributed by atoms with Crippen molar-refractivity contribution in [3.05, 3.63) is 35.4 Å². The van der Waals surface area contributed by atoms with Crippen LogP contribution in [-0.4, -0.2) is 38.6 Å². The second kappa shape index (κ2) is 9.59. The van der Waals surface area contributed by atoms with E-state index in [0.717, 1.165) is 16.7 Å². The number of amides is 1. The predicted molar refractivity (Wildman–Crippen MR) is 123 cm³/mol. The molecule has 0 saturated carbocycles. The number of nitrogens with zero attached hydrogens (tertiary/aromatic N) is 3. The van der Waals surface area contributed by atoms with E-state index in [1.165, 1.54) is 23.1 Å². The summed E-state index contributed by atoms with van der Waals surface area (Å²) in [7, 11) is 0. The Hall–Kier alpha value is -2.43. The van der Waals surface area contributed by atoms with Gasteiger partial charge < -0.3 is 21.9 Å². The summed E-state index contributed by atoms with van der Waals surface area (Å²) in [4.78, 5) is 25.0. The van der Waals surface area contributed by atoms with Crippen LogP contribution in [0.1, 0.15) is 48.4 Å². The Bertz CT molecular complexity index is 1040. The Morgan fingerprint density at radius 3 is 2.70 bits per heavy atom. The van der Waals surface area contributed by atoms with Crippen molar-refractivity contribution in [3.63, 3.8) is 0 Å². The summed E-state index contributed by atoms with van der Waals surface area (Å²) >= 11 is 2.77. The summed E-state index contributed by atoms with van der Waals surface area (Å²) in [6, 6.07) is 7.09. The standard InChI is InChI=1S/C20H26N6O2S2/c1-10(2)7-14(9-27)23-17-15-18(24-19(22)30-15)26-20(25-17)29-11(3)12-5-4-6-13(8-12)16(21)28/h4-6,8,10-11,14,27H,7,9H2,1-3H3,(H2,21,28)(H3,22,23,24,25,26)/t11?,14-/m1/s1. The van der Waals surface area contributed by atoms with Gasteiger partial charge in [-0.15, -0.1) is 0 Å². The van der Waals surface area contributed by atoms with Gasteiger partial charge in [-0.05, 0) is 37.0 Å². The molecule has 3 aromatic rings. The highest BCUT2D eigenvalue weighted by molar-refractivity contribution is 7.99. The van der Waals surface area contributed by atoms with E-state index in [1.807, 2.05) is 19.1 Å². The van der Waals surface area contributed by atoms with E-state index in [2.05, 4.69) is 34.1 Å². The predicted octanol–water partition coefficient (Wildman–Crippen LogP) is 3.44. The number of thioether (sulfide) groups is 1. The van der Waals surface area contributed by atoms with Crippen LogP contribution >= 0.6 is 23.1 Å². The van der Waals surface area contributed by atoms with Crippen LogP contribution in [0.15, 0.2) is 29.4 Å². The maximum Gasteiger partial charge on any atom is 0.248 e. The fourth-order valence-corrected chi connectivity index (χ4v) is 4.69. The zero-order chi connectivity index (χ0) is 21.8. The van der Waals surface area contributed by atoms with E-state index in [-0.39, 0.29) is 17.9 Å². The van der Waals surface area contributed by atoms with Gasteiger partial charge in [0.25, 0.3) is 0 Å². The van der Waals surface area contributed by atoms with Crippen molar-refractivity contribution in [2.45, 2.75) is 43.6 Å². The summed E-state index contributed by atoms with van der Waals surface area (Å²) in [5, 5.41) is 14.0. The molecule has 6 N–H and O–H groups in total. The summed E-state index contributed by atoms with van der Waals surface area (Å²) in [5.41, 5.74) is 13.2. The molecule has 30 heavy (non-hydrogen) atoms. The highest BCUT2D eigenvalue weighted by Crippen LogP contribution is 2.37. The molecule has 10 heteroatoms. The second-order valence-electron chi connectivity index (χ2n) is 7.46. The number of aliphatic hydroxyl groups excluding tert-OH is 1. The van der Waals surface area contributed by atoms with E-state index in [1.54, 1.807) is 12.1 Å². The molecule has 1 amide bonds. The van der Waals surface area contributed by atoms with Crippen molar-refractivity contribution >= 4 is 50.3 Å². The zero-order valence-electron chi connectivity index (χ0n) is 17.1. The van der Waals surface area contributed by atoms with Gasteiger partial charge in [0.1, 0.15) is 4.70 Å². The molecular formula is C20H26N6O2S2. The number of carbonyl (C=O) groups is 1. The summed E-state index contributed by atoms with van der Waals surface area (Å²) < 4.78 is 0.766. The number of anilines is 2. The molecule has 2 atom stereocenters. The Morgan fingerprint density at radius 1 is 1.27 bits per heavy atom. The summed E-state index contributed by atoms with van der Waals surface area (Å²) in [6.45, 7) is 6.22. The number of primary amides is 1. The lowest BCUT2D eigenvalue weighted by atomic mass is 10.0. The van der Waals surface area contributed by atoms with Crippen molar-refractivity contribution in [3.8, 4) is 0 Å². The minimum atomic E-state index is -0.462. The maximum absolute atomic E-state index is 11.5. The highest BCUT2D eigenvalue weighted by Gasteiger charge is 2.19. The largest absolute Gasteiger partial charge is 0.394 e. The van der Waals surface area contributed by atoms with Crippen molar-refractivity contribution < 1.29 is 9.90 Å².